The van der Waals surface area contributed by atoms with Gasteiger partial charge in [-0.2, -0.15) is 0 Å². The lowest BCUT2D eigenvalue weighted by molar-refractivity contribution is 0.0189. The zero-order chi connectivity index (χ0) is 27.4. The van der Waals surface area contributed by atoms with Crippen molar-refractivity contribution in [2.24, 2.45) is 5.41 Å². The minimum atomic E-state index is -0.139. The summed E-state index contributed by atoms with van der Waals surface area (Å²) in [6, 6.07) is 11.0. The second-order valence-corrected chi connectivity index (χ2v) is 12.6. The number of nitrogens with one attached hydrogen (secondary N) is 2. The van der Waals surface area contributed by atoms with E-state index >= 15 is 0 Å². The second-order valence-electron chi connectivity index (χ2n) is 11.6. The van der Waals surface area contributed by atoms with Crippen LogP contribution in [-0.4, -0.2) is 66.7 Å². The number of rotatable bonds is 9. The maximum Gasteiger partial charge on any atom is 0.290 e. The van der Waals surface area contributed by atoms with Crippen LogP contribution >= 0.6 is 11.3 Å². The first-order valence-electron chi connectivity index (χ1n) is 14.4. The van der Waals surface area contributed by atoms with Gasteiger partial charge >= 0.3 is 0 Å². The van der Waals surface area contributed by atoms with Crippen LogP contribution in [0.25, 0.3) is 0 Å². The number of likely N-dealkylation sites (tertiary alicyclic amines) is 2. The van der Waals surface area contributed by atoms with Crippen molar-refractivity contribution in [3.8, 4) is 0 Å². The summed E-state index contributed by atoms with van der Waals surface area (Å²) in [6.07, 6.45) is 12.0. The van der Waals surface area contributed by atoms with Crippen LogP contribution < -0.4 is 0 Å². The van der Waals surface area contributed by atoms with E-state index < -0.39 is 0 Å². The molecule has 1 amide bonds. The Morgan fingerprint density at radius 3 is 2.40 bits per heavy atom. The van der Waals surface area contributed by atoms with Crippen molar-refractivity contribution in [3.63, 3.8) is 0 Å². The summed E-state index contributed by atoms with van der Waals surface area (Å²) in [4.78, 5) is 36.2. The highest BCUT2D eigenvalue weighted by atomic mass is 32.1. The van der Waals surface area contributed by atoms with Gasteiger partial charge in [-0.05, 0) is 85.8 Å². The van der Waals surface area contributed by atoms with Crippen LogP contribution in [-0.2, 0) is 26.2 Å². The quantitative estimate of drug-likeness (QED) is 0.295. The number of carbonyl (C=O) groups is 1. The van der Waals surface area contributed by atoms with E-state index in [1.165, 1.54) is 67.9 Å². The third-order valence-corrected chi connectivity index (χ3v) is 9.69. The molecule has 2 N–H and O–H groups in total. The lowest BCUT2D eigenvalue weighted by Crippen LogP contribution is -2.49. The molecule has 0 unspecified atom stereocenters. The summed E-state index contributed by atoms with van der Waals surface area (Å²) in [5.74, 6) is 0.954. The van der Waals surface area contributed by atoms with E-state index in [1.807, 2.05) is 11.3 Å². The second kappa shape index (κ2) is 12.1. The smallest absolute Gasteiger partial charge is 0.290 e. The highest BCUT2D eigenvalue weighted by Crippen LogP contribution is 2.40. The number of nitrogens with zero attached hydrogens (tertiary/aromatic N) is 5. The molecule has 210 valence electrons. The first kappa shape index (κ1) is 26.9. The zero-order valence-electron chi connectivity index (χ0n) is 23.3. The highest BCUT2D eigenvalue weighted by Gasteiger charge is 2.38. The van der Waals surface area contributed by atoms with Crippen LogP contribution in [0.15, 0.2) is 60.5 Å². The topological polar surface area (TPSA) is 84.2 Å². The van der Waals surface area contributed by atoms with Gasteiger partial charge in [-0.25, -0.2) is 9.97 Å². The Kier molecular flexibility index (Phi) is 8.13. The van der Waals surface area contributed by atoms with Crippen molar-refractivity contribution in [3.05, 3.63) is 93.7 Å². The Hall–Kier alpha value is -3.27. The van der Waals surface area contributed by atoms with Crippen molar-refractivity contribution in [2.75, 3.05) is 26.2 Å². The number of piperidine rings is 2. The van der Waals surface area contributed by atoms with Gasteiger partial charge in [-0.1, -0.05) is 24.3 Å². The largest absolute Gasteiger partial charge is 0.347 e. The van der Waals surface area contributed by atoms with E-state index in [0.29, 0.717) is 24.3 Å². The van der Waals surface area contributed by atoms with Crippen molar-refractivity contribution >= 4 is 17.2 Å². The van der Waals surface area contributed by atoms with Crippen LogP contribution in [0.5, 0.6) is 0 Å². The van der Waals surface area contributed by atoms with Crippen LogP contribution in [0.1, 0.15) is 63.7 Å². The van der Waals surface area contributed by atoms with E-state index in [2.05, 4.69) is 72.4 Å². The summed E-state index contributed by atoms with van der Waals surface area (Å²) < 4.78 is 0. The fourth-order valence-electron chi connectivity index (χ4n) is 6.33. The number of thiophene rings is 1. The Bertz CT molecular complexity index is 1360. The number of aromatic amines is 2. The van der Waals surface area contributed by atoms with Gasteiger partial charge in [0.25, 0.3) is 5.91 Å². The predicted molar refractivity (Wildman–Crippen MR) is 158 cm³/mol. The average molecular weight is 558 g/mol. The van der Waals surface area contributed by atoms with Crippen LogP contribution in [0.3, 0.4) is 0 Å². The number of hydrogen-bond donors (Lipinski definition) is 2. The molecule has 1 spiro atoms. The van der Waals surface area contributed by atoms with Crippen LogP contribution in [0.4, 0.5) is 0 Å². The minimum absolute atomic E-state index is 0.139. The molecule has 9 heteroatoms. The lowest BCUT2D eigenvalue weighted by atomic mass is 9.72. The van der Waals surface area contributed by atoms with E-state index in [-0.39, 0.29) is 5.91 Å². The molecule has 0 radical (unpaired) electrons. The molecule has 2 aliphatic rings. The number of imidazole rings is 2. The molecular weight excluding hydrogens is 518 g/mol. The molecule has 0 atom stereocenters. The molecule has 5 heterocycles. The van der Waals surface area contributed by atoms with Crippen molar-refractivity contribution in [1.82, 2.24) is 34.6 Å². The minimum Gasteiger partial charge on any atom is -0.347 e. The van der Waals surface area contributed by atoms with E-state index in [4.69, 9.17) is 0 Å². The zero-order valence-corrected chi connectivity index (χ0v) is 24.1. The van der Waals surface area contributed by atoms with Gasteiger partial charge in [-0.3, -0.25) is 14.6 Å². The van der Waals surface area contributed by atoms with Gasteiger partial charge < -0.3 is 14.9 Å². The fourth-order valence-corrected chi connectivity index (χ4v) is 7.28. The van der Waals surface area contributed by atoms with Crippen LogP contribution in [0.2, 0.25) is 0 Å². The molecule has 4 aromatic rings. The molecule has 6 rings (SSSR count). The number of benzene rings is 1. The number of aryl methyl sites for hydroxylation is 1. The van der Waals surface area contributed by atoms with E-state index in [1.54, 1.807) is 29.7 Å². The van der Waals surface area contributed by atoms with Gasteiger partial charge in [0.05, 0.1) is 6.54 Å². The third kappa shape index (κ3) is 6.37. The van der Waals surface area contributed by atoms with Crippen molar-refractivity contribution < 1.29 is 4.79 Å². The standard InChI is InChI=1S/C31H39N7OS/c1-24-7-18-40-27(24)21-37-15-2-8-31(23-37)9-16-36(17-10-31)19-25-3-5-26(6-4-25)20-38(22-28-32-11-12-33-28)30(39)29-34-13-14-35-29/h3-7,11-14,18H,2,8-10,15-17,19-23H2,1H3,(H,32,33)(H,34,35). The first-order chi connectivity index (χ1) is 19.6. The van der Waals surface area contributed by atoms with Gasteiger partial charge in [0.1, 0.15) is 5.82 Å². The molecule has 2 saturated heterocycles. The number of aromatic nitrogens is 4. The third-order valence-electron chi connectivity index (χ3n) is 8.68. The summed E-state index contributed by atoms with van der Waals surface area (Å²) in [5, 5.41) is 2.23. The summed E-state index contributed by atoms with van der Waals surface area (Å²) >= 11 is 1.91. The summed E-state index contributed by atoms with van der Waals surface area (Å²) in [5.41, 5.74) is 4.35. The number of amides is 1. The lowest BCUT2D eigenvalue weighted by Gasteiger charge is -2.47. The molecule has 0 aliphatic carbocycles. The molecule has 8 nitrogen and oxygen atoms in total. The number of carbonyl (C=O) groups excluding carboxylic acids is 1. The molecule has 40 heavy (non-hydrogen) atoms. The summed E-state index contributed by atoms with van der Waals surface area (Å²) in [6.45, 7) is 10.1. The van der Waals surface area contributed by atoms with Gasteiger partial charge in [0.2, 0.25) is 0 Å². The molecule has 1 aromatic carbocycles. The number of H-pyrrole nitrogens is 2. The maximum absolute atomic E-state index is 13.1. The molecule has 3 aromatic heterocycles. The highest BCUT2D eigenvalue weighted by molar-refractivity contribution is 7.10. The van der Waals surface area contributed by atoms with E-state index in [9.17, 15) is 4.79 Å². The van der Waals surface area contributed by atoms with Crippen molar-refractivity contribution in [2.45, 2.75) is 58.8 Å². The molecule has 0 saturated carbocycles. The Morgan fingerprint density at radius 1 is 0.925 bits per heavy atom. The van der Waals surface area contributed by atoms with Gasteiger partial charge in [0, 0.05) is 55.8 Å². The molecule has 0 bridgehead atoms. The Morgan fingerprint density at radius 2 is 1.70 bits per heavy atom. The predicted octanol–water partition coefficient (Wildman–Crippen LogP) is 5.22. The molecule has 2 fully saturated rings. The van der Waals surface area contributed by atoms with Crippen LogP contribution in [0, 0.1) is 12.3 Å². The van der Waals surface area contributed by atoms with Crippen molar-refractivity contribution in [1.29, 1.82) is 0 Å². The first-order valence-corrected chi connectivity index (χ1v) is 15.3. The molecular formula is C31H39N7OS. The molecule has 2 aliphatic heterocycles. The normalized spacial score (nSPS) is 17.8. The van der Waals surface area contributed by atoms with Gasteiger partial charge in [-0.15, -0.1) is 11.3 Å². The Labute approximate surface area is 240 Å². The SMILES string of the molecule is Cc1ccsc1CN1CCCC2(CCN(Cc3ccc(CN(Cc4ncc[nH]4)C(=O)c4ncc[nH]4)cc3)CC2)C1. The van der Waals surface area contributed by atoms with E-state index in [0.717, 1.165) is 24.5 Å². The number of hydrogen-bond acceptors (Lipinski definition) is 6. The average Bonchev–Trinajstić information content (AvgIpc) is 3.76. The maximum atomic E-state index is 13.1. The Balaban J connectivity index is 1.03. The fraction of sp³-hybridized carbons (Fsp3) is 0.452. The monoisotopic (exact) mass is 557 g/mol. The van der Waals surface area contributed by atoms with Gasteiger partial charge in [0.15, 0.2) is 5.82 Å². The summed E-state index contributed by atoms with van der Waals surface area (Å²) in [7, 11) is 0.